The Hall–Kier alpha value is -2.70. The van der Waals surface area contributed by atoms with Crippen LogP contribution < -0.4 is 10.5 Å². The summed E-state index contributed by atoms with van der Waals surface area (Å²) in [6.45, 7) is 2.57. The first-order valence-electron chi connectivity index (χ1n) is 8.57. The molecule has 3 heterocycles. The highest BCUT2D eigenvalue weighted by Gasteiger charge is 2.21. The number of hydrogen-bond donors (Lipinski definition) is 0. The van der Waals surface area contributed by atoms with Crippen LogP contribution in [0.5, 0.6) is 0 Å². The number of fused-ring (bicyclic) bond motifs is 2. The molecule has 1 aromatic carbocycles. The number of anilines is 1. The molecular formula is C20H16ClN3O2S. The van der Waals surface area contributed by atoms with Gasteiger partial charge in [-0.25, -0.2) is 4.98 Å². The number of carbonyl (C=O) groups is 1. The van der Waals surface area contributed by atoms with Crippen LogP contribution in [0.25, 0.3) is 15.9 Å². The van der Waals surface area contributed by atoms with E-state index in [2.05, 4.69) is 4.98 Å². The van der Waals surface area contributed by atoms with Crippen molar-refractivity contribution in [3.8, 4) is 0 Å². The Morgan fingerprint density at radius 1 is 1.22 bits per heavy atom. The standard InChI is InChI=1S/C20H16ClN3O2S/c1-2-9-23(14-7-5-6-13(21)11-14)20(26)16-12-15-18(27-16)22-17-8-3-4-10-24(17)19(15)25/h3-8,10-12H,2,9H2,1H3. The van der Waals surface area contributed by atoms with E-state index in [1.165, 1.54) is 15.7 Å². The lowest BCUT2D eigenvalue weighted by molar-refractivity contribution is 0.0991. The molecule has 0 radical (unpaired) electrons. The number of rotatable bonds is 4. The summed E-state index contributed by atoms with van der Waals surface area (Å²) in [5.41, 5.74) is 1.13. The molecule has 0 fully saturated rings. The zero-order valence-corrected chi connectivity index (χ0v) is 16.1. The van der Waals surface area contributed by atoms with Gasteiger partial charge in [0.05, 0.1) is 10.3 Å². The zero-order valence-electron chi connectivity index (χ0n) is 14.6. The molecule has 0 aliphatic rings. The molecule has 7 heteroatoms. The van der Waals surface area contributed by atoms with E-state index >= 15 is 0 Å². The van der Waals surface area contributed by atoms with Gasteiger partial charge in [-0.3, -0.25) is 14.0 Å². The van der Waals surface area contributed by atoms with E-state index in [1.54, 1.807) is 41.4 Å². The summed E-state index contributed by atoms with van der Waals surface area (Å²) in [6.07, 6.45) is 2.48. The molecule has 3 aromatic heterocycles. The second-order valence-corrected chi connectivity index (χ2v) is 7.58. The van der Waals surface area contributed by atoms with Crippen LogP contribution >= 0.6 is 22.9 Å². The number of carbonyl (C=O) groups excluding carboxylic acids is 1. The van der Waals surface area contributed by atoms with E-state index in [1.807, 2.05) is 25.1 Å². The van der Waals surface area contributed by atoms with Gasteiger partial charge < -0.3 is 4.90 Å². The third kappa shape index (κ3) is 3.22. The Bertz CT molecular complexity index is 1210. The molecule has 27 heavy (non-hydrogen) atoms. The number of aromatic nitrogens is 2. The van der Waals surface area contributed by atoms with Crippen molar-refractivity contribution in [3.05, 3.63) is 75.0 Å². The minimum Gasteiger partial charge on any atom is -0.308 e. The fourth-order valence-corrected chi connectivity index (χ4v) is 4.16. The number of nitrogens with zero attached hydrogens (tertiary/aromatic N) is 3. The molecule has 0 atom stereocenters. The van der Waals surface area contributed by atoms with Crippen LogP contribution in [0.1, 0.15) is 23.0 Å². The molecule has 0 N–H and O–H groups in total. The van der Waals surface area contributed by atoms with Crippen molar-refractivity contribution in [2.75, 3.05) is 11.4 Å². The van der Waals surface area contributed by atoms with E-state index in [-0.39, 0.29) is 11.5 Å². The number of hydrogen-bond acceptors (Lipinski definition) is 4. The average molecular weight is 398 g/mol. The van der Waals surface area contributed by atoms with E-state index in [0.717, 1.165) is 12.1 Å². The molecule has 136 valence electrons. The highest BCUT2D eigenvalue weighted by molar-refractivity contribution is 7.20. The first-order chi connectivity index (χ1) is 13.1. The number of benzene rings is 1. The van der Waals surface area contributed by atoms with Crippen molar-refractivity contribution < 1.29 is 4.79 Å². The highest BCUT2D eigenvalue weighted by Crippen LogP contribution is 2.27. The van der Waals surface area contributed by atoms with Gasteiger partial charge in [0.15, 0.2) is 0 Å². The third-order valence-electron chi connectivity index (χ3n) is 4.24. The predicted molar refractivity (Wildman–Crippen MR) is 110 cm³/mol. The summed E-state index contributed by atoms with van der Waals surface area (Å²) in [5.74, 6) is -0.157. The van der Waals surface area contributed by atoms with Crippen LogP contribution in [-0.4, -0.2) is 21.8 Å². The van der Waals surface area contributed by atoms with Crippen LogP contribution in [0.15, 0.2) is 59.5 Å². The van der Waals surface area contributed by atoms with Crippen molar-refractivity contribution in [1.29, 1.82) is 0 Å². The van der Waals surface area contributed by atoms with E-state index in [9.17, 15) is 9.59 Å². The Kier molecular flexibility index (Phi) is 4.68. The second-order valence-electron chi connectivity index (χ2n) is 6.11. The summed E-state index contributed by atoms with van der Waals surface area (Å²) in [6, 6.07) is 14.2. The lowest BCUT2D eigenvalue weighted by Crippen LogP contribution is -2.31. The first kappa shape index (κ1) is 17.7. The number of amides is 1. The molecule has 1 amide bonds. The lowest BCUT2D eigenvalue weighted by Gasteiger charge is -2.21. The maximum absolute atomic E-state index is 13.2. The molecule has 0 aliphatic carbocycles. The molecule has 0 saturated carbocycles. The normalized spacial score (nSPS) is 11.2. The summed E-state index contributed by atoms with van der Waals surface area (Å²) < 4.78 is 1.49. The molecule has 4 rings (SSSR count). The maximum Gasteiger partial charge on any atom is 0.268 e. The smallest absolute Gasteiger partial charge is 0.268 e. The van der Waals surface area contributed by atoms with Gasteiger partial charge in [0, 0.05) is 23.5 Å². The van der Waals surface area contributed by atoms with E-state index < -0.39 is 0 Å². The Morgan fingerprint density at radius 2 is 2.07 bits per heavy atom. The molecule has 0 aliphatic heterocycles. The Labute approximate surface area is 164 Å². The molecule has 0 unspecified atom stereocenters. The van der Waals surface area contributed by atoms with Crippen molar-refractivity contribution in [2.24, 2.45) is 0 Å². The molecule has 0 bridgehead atoms. The Balaban J connectivity index is 1.82. The molecular weight excluding hydrogens is 382 g/mol. The summed E-state index contributed by atoms with van der Waals surface area (Å²) in [4.78, 5) is 33.2. The number of halogens is 1. The SMILES string of the molecule is CCCN(C(=O)c1cc2c(=O)n3ccccc3nc2s1)c1cccc(Cl)c1. The van der Waals surface area contributed by atoms with E-state index in [4.69, 9.17) is 11.6 Å². The van der Waals surface area contributed by atoms with Crippen LogP contribution in [0.2, 0.25) is 5.02 Å². The third-order valence-corrected chi connectivity index (χ3v) is 5.49. The minimum absolute atomic E-state index is 0.157. The first-order valence-corrected chi connectivity index (χ1v) is 9.76. The highest BCUT2D eigenvalue weighted by atomic mass is 35.5. The molecule has 0 spiro atoms. The topological polar surface area (TPSA) is 54.7 Å². The Morgan fingerprint density at radius 3 is 2.85 bits per heavy atom. The van der Waals surface area contributed by atoms with Crippen LogP contribution in [0.3, 0.4) is 0 Å². The van der Waals surface area contributed by atoms with Crippen molar-refractivity contribution in [2.45, 2.75) is 13.3 Å². The van der Waals surface area contributed by atoms with Gasteiger partial charge in [0.25, 0.3) is 11.5 Å². The van der Waals surface area contributed by atoms with Crippen LogP contribution in [-0.2, 0) is 0 Å². The van der Waals surface area contributed by atoms with Gasteiger partial charge in [0.1, 0.15) is 10.5 Å². The molecule has 4 aromatic rings. The quantitative estimate of drug-likeness (QED) is 0.505. The maximum atomic E-state index is 13.2. The summed E-state index contributed by atoms with van der Waals surface area (Å²) in [7, 11) is 0. The summed E-state index contributed by atoms with van der Waals surface area (Å²) in [5, 5.41) is 1.03. The zero-order chi connectivity index (χ0) is 19.0. The average Bonchev–Trinajstić information content (AvgIpc) is 3.10. The molecule has 0 saturated heterocycles. The van der Waals surface area contributed by atoms with Crippen LogP contribution in [0.4, 0.5) is 5.69 Å². The van der Waals surface area contributed by atoms with Crippen molar-refractivity contribution in [1.82, 2.24) is 9.38 Å². The van der Waals surface area contributed by atoms with Gasteiger partial charge in [-0.1, -0.05) is 30.7 Å². The fraction of sp³-hybridized carbons (Fsp3) is 0.150. The van der Waals surface area contributed by atoms with Gasteiger partial charge in [-0.05, 0) is 42.8 Å². The van der Waals surface area contributed by atoms with Crippen molar-refractivity contribution >= 4 is 50.4 Å². The van der Waals surface area contributed by atoms with Gasteiger partial charge in [0.2, 0.25) is 0 Å². The largest absolute Gasteiger partial charge is 0.308 e. The van der Waals surface area contributed by atoms with Crippen molar-refractivity contribution in [3.63, 3.8) is 0 Å². The number of pyridine rings is 1. The van der Waals surface area contributed by atoms with Gasteiger partial charge in [-0.15, -0.1) is 11.3 Å². The van der Waals surface area contributed by atoms with Crippen LogP contribution in [0, 0.1) is 0 Å². The minimum atomic E-state index is -0.171. The van der Waals surface area contributed by atoms with E-state index in [0.29, 0.717) is 32.3 Å². The predicted octanol–water partition coefficient (Wildman–Crippen LogP) is 4.62. The van der Waals surface area contributed by atoms with Gasteiger partial charge in [-0.2, -0.15) is 0 Å². The summed E-state index contributed by atoms with van der Waals surface area (Å²) >= 11 is 7.33. The molecule has 5 nitrogen and oxygen atoms in total. The fourth-order valence-electron chi connectivity index (χ4n) is 3.00. The second kappa shape index (κ2) is 7.13. The number of thiophene rings is 1. The van der Waals surface area contributed by atoms with Gasteiger partial charge >= 0.3 is 0 Å². The monoisotopic (exact) mass is 397 g/mol. The lowest BCUT2D eigenvalue weighted by atomic mass is 10.2.